The topological polar surface area (TPSA) is 128 Å². The molecule has 1 aromatic heterocycles. The molecule has 0 atom stereocenters. The normalized spacial score (nSPS) is 11.1. The number of anilines is 2. The number of primary sulfonamides is 1. The third-order valence-corrected chi connectivity index (χ3v) is 3.61. The molecule has 21 heavy (non-hydrogen) atoms. The molecule has 0 aliphatic rings. The van der Waals surface area contributed by atoms with Gasteiger partial charge in [0.25, 0.3) is 0 Å². The highest BCUT2D eigenvalue weighted by molar-refractivity contribution is 7.89. The predicted octanol–water partition coefficient (Wildman–Crippen LogP) is 2.03. The molecule has 0 aliphatic heterocycles. The summed E-state index contributed by atoms with van der Waals surface area (Å²) in [6.45, 7) is 0. The number of nitro groups is 1. The van der Waals surface area contributed by atoms with Gasteiger partial charge in [0.1, 0.15) is 0 Å². The van der Waals surface area contributed by atoms with Crippen molar-refractivity contribution in [2.24, 2.45) is 5.14 Å². The molecule has 0 bridgehead atoms. The van der Waals surface area contributed by atoms with E-state index in [-0.39, 0.29) is 21.4 Å². The molecule has 110 valence electrons. The van der Waals surface area contributed by atoms with Gasteiger partial charge < -0.3 is 5.32 Å². The first-order chi connectivity index (χ1) is 9.77. The fraction of sp³-hybridized carbons (Fsp3) is 0. The van der Waals surface area contributed by atoms with E-state index >= 15 is 0 Å². The van der Waals surface area contributed by atoms with Crippen LogP contribution in [0.4, 0.5) is 17.2 Å². The van der Waals surface area contributed by atoms with Crippen molar-refractivity contribution in [1.82, 2.24) is 4.98 Å². The van der Waals surface area contributed by atoms with Gasteiger partial charge in [0.2, 0.25) is 15.8 Å². The highest BCUT2D eigenvalue weighted by atomic mass is 35.5. The molecule has 2 rings (SSSR count). The second-order valence-corrected chi connectivity index (χ2v) is 5.97. The van der Waals surface area contributed by atoms with Gasteiger partial charge in [-0.3, -0.25) is 10.1 Å². The van der Waals surface area contributed by atoms with Crippen molar-refractivity contribution in [2.45, 2.75) is 4.90 Å². The van der Waals surface area contributed by atoms with Gasteiger partial charge in [-0.2, -0.15) is 0 Å². The summed E-state index contributed by atoms with van der Waals surface area (Å²) in [6.07, 6.45) is 1.26. The van der Waals surface area contributed by atoms with Gasteiger partial charge in [0.15, 0.2) is 0 Å². The number of halogens is 1. The fourth-order valence-corrected chi connectivity index (χ4v) is 2.20. The number of nitrogens with one attached hydrogen (secondary N) is 1. The smallest absolute Gasteiger partial charge is 0.313 e. The largest absolute Gasteiger partial charge is 0.334 e. The Morgan fingerprint density at radius 3 is 2.43 bits per heavy atom. The number of rotatable bonds is 4. The van der Waals surface area contributed by atoms with Crippen LogP contribution < -0.4 is 10.5 Å². The van der Waals surface area contributed by atoms with Gasteiger partial charge in [-0.25, -0.2) is 18.5 Å². The van der Waals surface area contributed by atoms with E-state index in [9.17, 15) is 18.5 Å². The van der Waals surface area contributed by atoms with Crippen LogP contribution in [-0.4, -0.2) is 18.3 Å². The molecule has 3 N–H and O–H groups in total. The standard InChI is InChI=1S/C11H9ClN4O4S/c12-7-5-10(16(17)18)11(14-6-7)15-8-1-3-9(4-2-8)21(13,19)20/h1-6H,(H,14,15)(H2,13,19,20). The molecule has 0 unspecified atom stereocenters. The summed E-state index contributed by atoms with van der Waals surface area (Å²) in [5.74, 6) is -0.00671. The van der Waals surface area contributed by atoms with Crippen molar-refractivity contribution in [3.63, 3.8) is 0 Å². The van der Waals surface area contributed by atoms with E-state index in [0.717, 1.165) is 6.07 Å². The Morgan fingerprint density at radius 1 is 1.29 bits per heavy atom. The molecule has 0 fully saturated rings. The van der Waals surface area contributed by atoms with Gasteiger partial charge >= 0.3 is 5.69 Å². The maximum atomic E-state index is 11.1. The maximum Gasteiger partial charge on any atom is 0.313 e. The van der Waals surface area contributed by atoms with Crippen molar-refractivity contribution in [1.29, 1.82) is 0 Å². The van der Waals surface area contributed by atoms with E-state index in [1.54, 1.807) is 0 Å². The lowest BCUT2D eigenvalue weighted by atomic mass is 10.3. The van der Waals surface area contributed by atoms with E-state index < -0.39 is 14.9 Å². The van der Waals surface area contributed by atoms with Gasteiger partial charge in [-0.1, -0.05) is 11.6 Å². The Labute approximate surface area is 124 Å². The number of nitrogens with zero attached hydrogens (tertiary/aromatic N) is 2. The fourth-order valence-electron chi connectivity index (χ4n) is 1.53. The Bertz CT molecular complexity index is 792. The van der Waals surface area contributed by atoms with Crippen LogP contribution in [-0.2, 0) is 10.0 Å². The molecule has 0 amide bonds. The predicted molar refractivity (Wildman–Crippen MR) is 77.0 cm³/mol. The monoisotopic (exact) mass is 328 g/mol. The third kappa shape index (κ3) is 3.66. The van der Waals surface area contributed by atoms with Gasteiger partial charge in [-0.05, 0) is 24.3 Å². The molecule has 10 heteroatoms. The summed E-state index contributed by atoms with van der Waals surface area (Å²) in [7, 11) is -3.79. The van der Waals surface area contributed by atoms with Crippen LogP contribution in [0.1, 0.15) is 0 Å². The quantitative estimate of drug-likeness (QED) is 0.652. The molecular formula is C11H9ClN4O4S. The number of aromatic nitrogens is 1. The van der Waals surface area contributed by atoms with Crippen LogP contribution >= 0.6 is 11.6 Å². The zero-order chi connectivity index (χ0) is 15.6. The van der Waals surface area contributed by atoms with Gasteiger partial charge in [0, 0.05) is 18.0 Å². The van der Waals surface area contributed by atoms with E-state index in [0.29, 0.717) is 5.69 Å². The minimum atomic E-state index is -3.79. The first-order valence-electron chi connectivity index (χ1n) is 5.47. The molecule has 0 spiro atoms. The molecule has 0 aliphatic carbocycles. The molecule has 1 heterocycles. The highest BCUT2D eigenvalue weighted by Gasteiger charge is 2.16. The average Bonchev–Trinajstić information content (AvgIpc) is 2.40. The Hall–Kier alpha value is -2.23. The zero-order valence-electron chi connectivity index (χ0n) is 10.4. The summed E-state index contributed by atoms with van der Waals surface area (Å²) < 4.78 is 22.2. The lowest BCUT2D eigenvalue weighted by molar-refractivity contribution is -0.384. The Morgan fingerprint density at radius 2 is 1.90 bits per heavy atom. The highest BCUT2D eigenvalue weighted by Crippen LogP contribution is 2.28. The molecule has 0 saturated carbocycles. The molecule has 0 saturated heterocycles. The number of hydrogen-bond donors (Lipinski definition) is 2. The summed E-state index contributed by atoms with van der Waals surface area (Å²) in [5, 5.41) is 18.7. The van der Waals surface area contributed by atoms with Crippen molar-refractivity contribution in [2.75, 3.05) is 5.32 Å². The summed E-state index contributed by atoms with van der Waals surface area (Å²) in [4.78, 5) is 14.1. The van der Waals surface area contributed by atoms with Crippen molar-refractivity contribution in [3.8, 4) is 0 Å². The van der Waals surface area contributed by atoms with Crippen LogP contribution in [0.2, 0.25) is 5.02 Å². The van der Waals surface area contributed by atoms with Gasteiger partial charge in [-0.15, -0.1) is 0 Å². The SMILES string of the molecule is NS(=O)(=O)c1ccc(Nc2ncc(Cl)cc2[N+](=O)[O-])cc1. The zero-order valence-corrected chi connectivity index (χ0v) is 11.9. The van der Waals surface area contributed by atoms with Crippen LogP contribution in [0.3, 0.4) is 0 Å². The van der Waals surface area contributed by atoms with Crippen LogP contribution in [0.25, 0.3) is 0 Å². The number of hydrogen-bond acceptors (Lipinski definition) is 6. The van der Waals surface area contributed by atoms with Crippen LogP contribution in [0, 0.1) is 10.1 Å². The van der Waals surface area contributed by atoms with Crippen molar-refractivity contribution < 1.29 is 13.3 Å². The number of sulfonamides is 1. The first-order valence-corrected chi connectivity index (χ1v) is 7.39. The lowest BCUT2D eigenvalue weighted by Crippen LogP contribution is -2.11. The van der Waals surface area contributed by atoms with Crippen molar-refractivity contribution in [3.05, 3.63) is 51.7 Å². The minimum Gasteiger partial charge on any atom is -0.334 e. The average molecular weight is 329 g/mol. The maximum absolute atomic E-state index is 11.1. The van der Waals surface area contributed by atoms with Crippen molar-refractivity contribution >= 4 is 38.8 Å². The summed E-state index contributed by atoms with van der Waals surface area (Å²) in [5.41, 5.74) is 0.123. The first kappa shape index (κ1) is 15.2. The van der Waals surface area contributed by atoms with E-state index in [1.807, 2.05) is 0 Å². The molecule has 8 nitrogen and oxygen atoms in total. The number of pyridine rings is 1. The van der Waals surface area contributed by atoms with E-state index in [4.69, 9.17) is 16.7 Å². The molecule has 1 aromatic carbocycles. The Kier molecular flexibility index (Phi) is 4.07. The van der Waals surface area contributed by atoms with Crippen LogP contribution in [0.5, 0.6) is 0 Å². The second kappa shape index (κ2) is 5.64. The minimum absolute atomic E-state index is 0.00671. The third-order valence-electron chi connectivity index (χ3n) is 2.48. The molecule has 2 aromatic rings. The second-order valence-electron chi connectivity index (χ2n) is 3.97. The van der Waals surface area contributed by atoms with Crippen LogP contribution in [0.15, 0.2) is 41.4 Å². The Balaban J connectivity index is 2.33. The summed E-state index contributed by atoms with van der Waals surface area (Å²) in [6, 6.07) is 6.55. The number of nitrogens with two attached hydrogens (primary N) is 1. The molecular weight excluding hydrogens is 320 g/mol. The van der Waals surface area contributed by atoms with E-state index in [1.165, 1.54) is 30.5 Å². The molecule has 0 radical (unpaired) electrons. The lowest BCUT2D eigenvalue weighted by Gasteiger charge is -2.07. The number of benzene rings is 1. The summed E-state index contributed by atoms with van der Waals surface area (Å²) >= 11 is 5.66. The van der Waals surface area contributed by atoms with Gasteiger partial charge in [0.05, 0.1) is 14.8 Å². The van der Waals surface area contributed by atoms with E-state index in [2.05, 4.69) is 10.3 Å².